The van der Waals surface area contributed by atoms with E-state index in [0.717, 1.165) is 4.88 Å². The minimum Gasteiger partial charge on any atom is -0.347 e. The van der Waals surface area contributed by atoms with Crippen LogP contribution in [-0.4, -0.2) is 77.7 Å². The predicted octanol–water partition coefficient (Wildman–Crippen LogP) is 5.15. The maximum Gasteiger partial charge on any atom is 0.324 e. The molecule has 2 aromatic rings. The van der Waals surface area contributed by atoms with Crippen LogP contribution in [0.1, 0.15) is 49.9 Å². The quantitative estimate of drug-likeness (QED) is 0.509. The number of likely N-dealkylation sites (N-methyl/N-ethyl adjacent to an activating group) is 1. The maximum atomic E-state index is 13.9. The van der Waals surface area contributed by atoms with Gasteiger partial charge in [-0.3, -0.25) is 19.7 Å². The highest BCUT2D eigenvalue weighted by atomic mass is 35.5. The second kappa shape index (κ2) is 11.1. The first-order valence-corrected chi connectivity index (χ1v) is 13.6. The monoisotopic (exact) mass is 581 g/mol. The molecule has 3 rings (SSSR count). The number of rotatable bonds is 5. The Morgan fingerprint density at radius 3 is 2.37 bits per heavy atom. The molecular formula is C26H33Cl2N5O4S. The highest BCUT2D eigenvalue weighted by Crippen LogP contribution is 2.38. The molecule has 2 heterocycles. The van der Waals surface area contributed by atoms with Gasteiger partial charge in [-0.1, -0.05) is 50.0 Å². The molecule has 38 heavy (non-hydrogen) atoms. The normalized spacial score (nSPS) is 15.3. The number of halogens is 2. The van der Waals surface area contributed by atoms with Crippen LogP contribution in [0.15, 0.2) is 24.3 Å². The number of hydrogen-bond donors (Lipinski definition) is 2. The fourth-order valence-corrected chi connectivity index (χ4v) is 5.38. The van der Waals surface area contributed by atoms with Gasteiger partial charge in [-0.25, -0.2) is 4.79 Å². The van der Waals surface area contributed by atoms with E-state index in [1.165, 1.54) is 26.0 Å². The topological polar surface area (TPSA) is 102 Å². The molecule has 1 saturated heterocycles. The Morgan fingerprint density at radius 1 is 1.11 bits per heavy atom. The van der Waals surface area contributed by atoms with Gasteiger partial charge >= 0.3 is 6.03 Å². The van der Waals surface area contributed by atoms with Crippen LogP contribution in [0.25, 0.3) is 0 Å². The average molecular weight is 583 g/mol. The summed E-state index contributed by atoms with van der Waals surface area (Å²) in [4.78, 5) is 57.6. The van der Waals surface area contributed by atoms with Crippen LogP contribution in [0.3, 0.4) is 0 Å². The van der Waals surface area contributed by atoms with Crippen LogP contribution in [0.5, 0.6) is 0 Å². The molecule has 9 nitrogen and oxygen atoms in total. The molecule has 206 valence electrons. The predicted molar refractivity (Wildman–Crippen MR) is 153 cm³/mol. The second-order valence-electron chi connectivity index (χ2n) is 10.8. The molecular weight excluding hydrogens is 549 g/mol. The largest absolute Gasteiger partial charge is 0.347 e. The van der Waals surface area contributed by atoms with Crippen molar-refractivity contribution in [1.82, 2.24) is 14.7 Å². The standard InChI is InChI=1S/C26H33Cl2N5O4S/c1-25(2,3)18-13-15(21(38-18)30-24(37)29-17-10-8-9-16(27)20(17)28)22(35)33-12-11-32(14-19(34)31(6)7)23(36)26(33,4)5/h8-10,13H,11-12,14H2,1-7H3,(H2,29,30,37). The van der Waals surface area contributed by atoms with E-state index in [4.69, 9.17) is 23.2 Å². The number of nitrogens with one attached hydrogen (secondary N) is 2. The summed E-state index contributed by atoms with van der Waals surface area (Å²) in [5.41, 5.74) is -0.874. The van der Waals surface area contributed by atoms with Gasteiger partial charge in [0, 0.05) is 32.1 Å². The lowest BCUT2D eigenvalue weighted by Gasteiger charge is -2.45. The SMILES string of the molecule is CN(C)C(=O)CN1CCN(C(=O)c2cc(C(C)(C)C)sc2NC(=O)Nc2cccc(Cl)c2Cl)C(C)(C)C1=O. The molecule has 0 radical (unpaired) electrons. The Labute approximate surface area is 237 Å². The average Bonchev–Trinajstić information content (AvgIpc) is 3.23. The zero-order valence-corrected chi connectivity index (χ0v) is 24.9. The third kappa shape index (κ3) is 6.24. The summed E-state index contributed by atoms with van der Waals surface area (Å²) in [5.74, 6) is -0.898. The number of carbonyl (C=O) groups excluding carboxylic acids is 4. The summed E-state index contributed by atoms with van der Waals surface area (Å²) >= 11 is 13.5. The summed E-state index contributed by atoms with van der Waals surface area (Å²) in [7, 11) is 3.26. The fourth-order valence-electron chi connectivity index (χ4n) is 3.93. The van der Waals surface area contributed by atoms with Gasteiger partial charge in [-0.05, 0) is 37.5 Å². The van der Waals surface area contributed by atoms with Gasteiger partial charge in [-0.2, -0.15) is 0 Å². The minimum absolute atomic E-state index is 0.0526. The van der Waals surface area contributed by atoms with Crippen molar-refractivity contribution in [2.75, 3.05) is 44.4 Å². The molecule has 1 aromatic carbocycles. The van der Waals surface area contributed by atoms with E-state index in [1.807, 2.05) is 20.8 Å². The third-order valence-electron chi connectivity index (χ3n) is 6.28. The summed E-state index contributed by atoms with van der Waals surface area (Å²) < 4.78 is 0. The number of thiophene rings is 1. The smallest absolute Gasteiger partial charge is 0.324 e. The van der Waals surface area contributed by atoms with Crippen molar-refractivity contribution in [2.45, 2.75) is 45.6 Å². The van der Waals surface area contributed by atoms with Crippen molar-refractivity contribution >= 4 is 69.0 Å². The van der Waals surface area contributed by atoms with E-state index in [2.05, 4.69) is 10.6 Å². The molecule has 1 aromatic heterocycles. The zero-order chi connectivity index (χ0) is 28.6. The van der Waals surface area contributed by atoms with Crippen LogP contribution >= 0.6 is 34.5 Å². The molecule has 0 bridgehead atoms. The van der Waals surface area contributed by atoms with Crippen molar-refractivity contribution in [2.24, 2.45) is 0 Å². The lowest BCUT2D eigenvalue weighted by molar-refractivity contribution is -0.150. The van der Waals surface area contributed by atoms with Crippen molar-refractivity contribution < 1.29 is 19.2 Å². The van der Waals surface area contributed by atoms with Crippen molar-refractivity contribution in [3.8, 4) is 0 Å². The van der Waals surface area contributed by atoms with Crippen LogP contribution in [-0.2, 0) is 15.0 Å². The van der Waals surface area contributed by atoms with Crippen molar-refractivity contribution in [1.29, 1.82) is 0 Å². The van der Waals surface area contributed by atoms with E-state index in [1.54, 1.807) is 52.2 Å². The van der Waals surface area contributed by atoms with E-state index in [0.29, 0.717) is 15.7 Å². The van der Waals surface area contributed by atoms with Crippen molar-refractivity contribution in [3.63, 3.8) is 0 Å². The van der Waals surface area contributed by atoms with Gasteiger partial charge in [0.15, 0.2) is 0 Å². The number of anilines is 2. The Bertz CT molecular complexity index is 1270. The molecule has 0 aliphatic carbocycles. The van der Waals surface area contributed by atoms with Gasteiger partial charge in [0.25, 0.3) is 5.91 Å². The van der Waals surface area contributed by atoms with Gasteiger partial charge in [0.2, 0.25) is 11.8 Å². The van der Waals surface area contributed by atoms with Crippen LogP contribution < -0.4 is 10.6 Å². The van der Waals surface area contributed by atoms with Crippen LogP contribution in [0.4, 0.5) is 15.5 Å². The van der Waals surface area contributed by atoms with Gasteiger partial charge in [0.05, 0.1) is 27.8 Å². The minimum atomic E-state index is -1.19. The van der Waals surface area contributed by atoms with E-state index in [9.17, 15) is 19.2 Å². The van der Waals surface area contributed by atoms with Crippen LogP contribution in [0.2, 0.25) is 10.0 Å². The Kier molecular flexibility index (Phi) is 8.70. The highest BCUT2D eigenvalue weighted by Gasteiger charge is 2.45. The van der Waals surface area contributed by atoms with E-state index in [-0.39, 0.29) is 53.4 Å². The Balaban J connectivity index is 1.89. The molecule has 0 unspecified atom stereocenters. The summed E-state index contributed by atoms with van der Waals surface area (Å²) in [6, 6.07) is 6.05. The molecule has 0 atom stereocenters. The molecule has 1 aliphatic rings. The Hall–Kier alpha value is -2.82. The first-order chi connectivity index (χ1) is 17.5. The number of nitrogens with zero attached hydrogens (tertiary/aromatic N) is 3. The lowest BCUT2D eigenvalue weighted by Crippen LogP contribution is -2.65. The number of carbonyl (C=O) groups is 4. The molecule has 5 amide bonds. The first kappa shape index (κ1) is 29.7. The van der Waals surface area contributed by atoms with Gasteiger partial charge < -0.3 is 20.0 Å². The summed E-state index contributed by atoms with van der Waals surface area (Å²) in [5, 5.41) is 6.30. The zero-order valence-electron chi connectivity index (χ0n) is 22.6. The number of piperazine rings is 1. The number of hydrogen-bond acceptors (Lipinski definition) is 5. The Morgan fingerprint density at radius 2 is 1.76 bits per heavy atom. The maximum absolute atomic E-state index is 13.9. The van der Waals surface area contributed by atoms with Gasteiger partial charge in [0.1, 0.15) is 10.5 Å². The summed E-state index contributed by atoms with van der Waals surface area (Å²) in [6.07, 6.45) is 0. The van der Waals surface area contributed by atoms with Gasteiger partial charge in [-0.15, -0.1) is 11.3 Å². The molecule has 1 aliphatic heterocycles. The number of benzene rings is 1. The molecule has 12 heteroatoms. The lowest BCUT2D eigenvalue weighted by atomic mass is 9.93. The number of urea groups is 1. The van der Waals surface area contributed by atoms with E-state index >= 15 is 0 Å². The molecule has 0 saturated carbocycles. The van der Waals surface area contributed by atoms with Crippen molar-refractivity contribution in [3.05, 3.63) is 44.8 Å². The molecule has 0 spiro atoms. The van der Waals surface area contributed by atoms with E-state index < -0.39 is 11.6 Å². The van der Waals surface area contributed by atoms with Crippen LogP contribution in [0, 0.1) is 0 Å². The number of amides is 5. The highest BCUT2D eigenvalue weighted by molar-refractivity contribution is 7.16. The fraction of sp³-hybridized carbons (Fsp3) is 0.462. The second-order valence-corrected chi connectivity index (χ2v) is 12.7. The third-order valence-corrected chi connectivity index (χ3v) is 8.57. The first-order valence-electron chi connectivity index (χ1n) is 12.0. The molecule has 1 fully saturated rings. The molecule has 2 N–H and O–H groups in total. The summed E-state index contributed by atoms with van der Waals surface area (Å²) in [6.45, 7) is 9.77.